The van der Waals surface area contributed by atoms with Gasteiger partial charge < -0.3 is 9.84 Å². The maximum absolute atomic E-state index is 9.16. The first-order chi connectivity index (χ1) is 7.62. The summed E-state index contributed by atoms with van der Waals surface area (Å²) in [5.41, 5.74) is 2.34. The second-order valence-corrected chi connectivity index (χ2v) is 5.09. The third-order valence-corrected chi connectivity index (χ3v) is 2.88. The van der Waals surface area contributed by atoms with E-state index in [1.165, 1.54) is 11.1 Å². The second-order valence-electron chi connectivity index (χ2n) is 5.09. The Morgan fingerprint density at radius 1 is 1.44 bits per heavy atom. The second kappa shape index (κ2) is 4.53. The fourth-order valence-electron chi connectivity index (χ4n) is 1.77. The molecular formula is C13H19NO2. The standard InChI is InChI=1S/C13H19NO2/c1-13(2,8-15)9-16-12-11-6-4-3-5-10(11)7-14-12/h3-6,12,14-15H,7-9H2,1-2H3. The molecule has 0 saturated heterocycles. The lowest BCUT2D eigenvalue weighted by molar-refractivity contribution is -0.0288. The van der Waals surface area contributed by atoms with Gasteiger partial charge in [0.25, 0.3) is 0 Å². The van der Waals surface area contributed by atoms with E-state index in [2.05, 4.69) is 17.4 Å². The molecule has 0 aliphatic carbocycles. The van der Waals surface area contributed by atoms with E-state index in [-0.39, 0.29) is 18.2 Å². The van der Waals surface area contributed by atoms with Crippen molar-refractivity contribution in [1.29, 1.82) is 0 Å². The summed E-state index contributed by atoms with van der Waals surface area (Å²) in [7, 11) is 0. The Bertz CT molecular complexity index is 363. The van der Waals surface area contributed by atoms with Gasteiger partial charge in [-0.25, -0.2) is 0 Å². The minimum Gasteiger partial charge on any atom is -0.396 e. The van der Waals surface area contributed by atoms with Crippen molar-refractivity contribution in [2.24, 2.45) is 5.41 Å². The Morgan fingerprint density at radius 2 is 2.19 bits per heavy atom. The predicted molar refractivity (Wildman–Crippen MR) is 62.8 cm³/mol. The van der Waals surface area contributed by atoms with Gasteiger partial charge in [0.05, 0.1) is 13.2 Å². The number of rotatable bonds is 4. The van der Waals surface area contributed by atoms with Crippen LogP contribution in [0.2, 0.25) is 0 Å². The summed E-state index contributed by atoms with van der Waals surface area (Å²) < 4.78 is 5.81. The monoisotopic (exact) mass is 221 g/mol. The molecule has 1 aliphatic rings. The molecule has 2 rings (SSSR count). The Hall–Kier alpha value is -0.900. The van der Waals surface area contributed by atoms with Crippen molar-refractivity contribution in [3.63, 3.8) is 0 Å². The molecule has 88 valence electrons. The van der Waals surface area contributed by atoms with Gasteiger partial charge >= 0.3 is 0 Å². The van der Waals surface area contributed by atoms with Crippen LogP contribution in [0.15, 0.2) is 24.3 Å². The summed E-state index contributed by atoms with van der Waals surface area (Å²) >= 11 is 0. The summed E-state index contributed by atoms with van der Waals surface area (Å²) in [6.07, 6.45) is -0.0259. The molecule has 1 aliphatic heterocycles. The fourth-order valence-corrected chi connectivity index (χ4v) is 1.77. The molecule has 3 heteroatoms. The first kappa shape index (κ1) is 11.6. The van der Waals surface area contributed by atoms with Crippen molar-refractivity contribution in [2.45, 2.75) is 26.6 Å². The smallest absolute Gasteiger partial charge is 0.134 e. The highest BCUT2D eigenvalue weighted by molar-refractivity contribution is 5.32. The van der Waals surface area contributed by atoms with Crippen molar-refractivity contribution in [3.8, 4) is 0 Å². The van der Waals surface area contributed by atoms with Crippen LogP contribution in [0.3, 0.4) is 0 Å². The molecule has 0 fully saturated rings. The Labute approximate surface area is 96.4 Å². The molecule has 2 N–H and O–H groups in total. The lowest BCUT2D eigenvalue weighted by Crippen LogP contribution is -2.27. The van der Waals surface area contributed by atoms with Crippen molar-refractivity contribution >= 4 is 0 Å². The minimum atomic E-state index is -0.181. The third kappa shape index (κ3) is 2.43. The van der Waals surface area contributed by atoms with Crippen molar-refractivity contribution in [1.82, 2.24) is 5.32 Å². The van der Waals surface area contributed by atoms with Crippen molar-refractivity contribution in [2.75, 3.05) is 13.2 Å². The van der Waals surface area contributed by atoms with Crippen LogP contribution in [-0.2, 0) is 11.3 Å². The minimum absolute atomic E-state index is 0.0259. The van der Waals surface area contributed by atoms with Crippen LogP contribution < -0.4 is 5.32 Å². The van der Waals surface area contributed by atoms with Crippen LogP contribution in [0.25, 0.3) is 0 Å². The molecule has 0 saturated carbocycles. The lowest BCUT2D eigenvalue weighted by Gasteiger charge is -2.24. The topological polar surface area (TPSA) is 41.5 Å². The summed E-state index contributed by atoms with van der Waals surface area (Å²) in [5.74, 6) is 0. The number of hydrogen-bond donors (Lipinski definition) is 2. The normalized spacial score (nSPS) is 19.8. The largest absolute Gasteiger partial charge is 0.396 e. The van der Waals surface area contributed by atoms with E-state index in [9.17, 15) is 0 Å². The van der Waals surface area contributed by atoms with E-state index >= 15 is 0 Å². The van der Waals surface area contributed by atoms with E-state index in [1.54, 1.807) is 0 Å². The maximum atomic E-state index is 9.16. The molecule has 0 radical (unpaired) electrons. The molecule has 1 aromatic carbocycles. The molecule has 0 spiro atoms. The van der Waals surface area contributed by atoms with E-state index in [4.69, 9.17) is 9.84 Å². The summed E-state index contributed by atoms with van der Waals surface area (Å²) in [6.45, 7) is 5.54. The average Bonchev–Trinajstić information content (AvgIpc) is 2.70. The van der Waals surface area contributed by atoms with Crippen LogP contribution in [0.4, 0.5) is 0 Å². The molecule has 0 amide bonds. The van der Waals surface area contributed by atoms with E-state index in [0.717, 1.165) is 6.54 Å². The van der Waals surface area contributed by atoms with E-state index in [1.807, 2.05) is 26.0 Å². The molecule has 1 atom stereocenters. The van der Waals surface area contributed by atoms with Crippen LogP contribution >= 0.6 is 0 Å². The van der Waals surface area contributed by atoms with Gasteiger partial charge in [-0.05, 0) is 11.1 Å². The molecule has 1 unspecified atom stereocenters. The summed E-state index contributed by atoms with van der Waals surface area (Å²) in [6, 6.07) is 8.27. The molecule has 1 aromatic rings. The van der Waals surface area contributed by atoms with Crippen LogP contribution in [0.5, 0.6) is 0 Å². The zero-order valence-electron chi connectivity index (χ0n) is 9.86. The highest BCUT2D eigenvalue weighted by Crippen LogP contribution is 2.27. The zero-order valence-corrected chi connectivity index (χ0v) is 9.86. The molecule has 16 heavy (non-hydrogen) atoms. The number of hydrogen-bond acceptors (Lipinski definition) is 3. The Kier molecular flexibility index (Phi) is 3.28. The maximum Gasteiger partial charge on any atom is 0.134 e. The predicted octanol–water partition coefficient (Wildman–Crippen LogP) is 1.82. The van der Waals surface area contributed by atoms with Crippen molar-refractivity contribution < 1.29 is 9.84 Å². The molecule has 3 nitrogen and oxygen atoms in total. The Morgan fingerprint density at radius 3 is 2.94 bits per heavy atom. The Balaban J connectivity index is 1.99. The highest BCUT2D eigenvalue weighted by atomic mass is 16.5. The van der Waals surface area contributed by atoms with Crippen LogP contribution in [0, 0.1) is 5.41 Å². The van der Waals surface area contributed by atoms with Crippen molar-refractivity contribution in [3.05, 3.63) is 35.4 Å². The number of nitrogens with one attached hydrogen (secondary N) is 1. The zero-order chi connectivity index (χ0) is 11.6. The lowest BCUT2D eigenvalue weighted by atomic mass is 9.96. The number of fused-ring (bicyclic) bond motifs is 1. The third-order valence-electron chi connectivity index (χ3n) is 2.88. The number of aliphatic hydroxyl groups excluding tert-OH is 1. The first-order valence-electron chi connectivity index (χ1n) is 5.66. The number of ether oxygens (including phenoxy) is 1. The van der Waals surface area contributed by atoms with Gasteiger partial charge in [-0.2, -0.15) is 0 Å². The van der Waals surface area contributed by atoms with Gasteiger partial charge in [0.15, 0.2) is 0 Å². The number of benzene rings is 1. The van der Waals surface area contributed by atoms with Gasteiger partial charge in [0.2, 0.25) is 0 Å². The SMILES string of the molecule is CC(C)(CO)COC1NCc2ccccc21. The van der Waals surface area contributed by atoms with E-state index < -0.39 is 0 Å². The van der Waals surface area contributed by atoms with Gasteiger partial charge in [-0.15, -0.1) is 0 Å². The summed E-state index contributed by atoms with van der Waals surface area (Å²) in [5, 5.41) is 12.5. The molecule has 0 bridgehead atoms. The average molecular weight is 221 g/mol. The molecular weight excluding hydrogens is 202 g/mol. The van der Waals surface area contributed by atoms with Gasteiger partial charge in [0, 0.05) is 12.0 Å². The van der Waals surface area contributed by atoms with E-state index in [0.29, 0.717) is 6.61 Å². The fraction of sp³-hybridized carbons (Fsp3) is 0.538. The van der Waals surface area contributed by atoms with Crippen LogP contribution in [0.1, 0.15) is 31.2 Å². The highest BCUT2D eigenvalue weighted by Gasteiger charge is 2.25. The number of aliphatic hydroxyl groups is 1. The quantitative estimate of drug-likeness (QED) is 0.815. The van der Waals surface area contributed by atoms with Gasteiger partial charge in [-0.1, -0.05) is 38.1 Å². The van der Waals surface area contributed by atoms with Gasteiger partial charge in [0.1, 0.15) is 6.23 Å². The first-order valence-corrected chi connectivity index (χ1v) is 5.66. The van der Waals surface area contributed by atoms with Crippen LogP contribution in [-0.4, -0.2) is 18.3 Å². The molecule has 0 aromatic heterocycles. The summed E-state index contributed by atoms with van der Waals surface area (Å²) in [4.78, 5) is 0. The van der Waals surface area contributed by atoms with Gasteiger partial charge in [-0.3, -0.25) is 5.32 Å². The molecule has 1 heterocycles.